The van der Waals surface area contributed by atoms with Crippen LogP contribution < -0.4 is 4.90 Å². The Balaban J connectivity index is 2.22. The van der Waals surface area contributed by atoms with Gasteiger partial charge in [-0.15, -0.1) is 0 Å². The second kappa shape index (κ2) is 3.86. The number of nitrogens with zero attached hydrogens (tertiary/aromatic N) is 2. The number of carbonyl (C=O) groups is 1. The van der Waals surface area contributed by atoms with Crippen LogP contribution in [0.1, 0.15) is 29.8 Å². The first-order chi connectivity index (χ1) is 6.83. The quantitative estimate of drug-likeness (QED) is 0.668. The third kappa shape index (κ3) is 1.54. The van der Waals surface area contributed by atoms with Gasteiger partial charge in [-0.1, -0.05) is 0 Å². The van der Waals surface area contributed by atoms with Crippen LogP contribution in [0.5, 0.6) is 0 Å². The summed E-state index contributed by atoms with van der Waals surface area (Å²) in [4.78, 5) is 13.0. The van der Waals surface area contributed by atoms with Gasteiger partial charge in [0.15, 0.2) is 6.29 Å². The molecule has 3 heteroatoms. The SMILES string of the molecule is Cn1c(C=O)ccc1N1CCCCC1. The highest BCUT2D eigenvalue weighted by molar-refractivity contribution is 5.74. The zero-order valence-electron chi connectivity index (χ0n) is 8.57. The topological polar surface area (TPSA) is 25.2 Å². The summed E-state index contributed by atoms with van der Waals surface area (Å²) in [5, 5.41) is 0. The molecular weight excluding hydrogens is 176 g/mol. The van der Waals surface area contributed by atoms with E-state index in [0.29, 0.717) is 0 Å². The predicted molar refractivity (Wildman–Crippen MR) is 56.9 cm³/mol. The van der Waals surface area contributed by atoms with Crippen molar-refractivity contribution in [2.75, 3.05) is 18.0 Å². The molecule has 2 rings (SSSR count). The number of hydrogen-bond acceptors (Lipinski definition) is 2. The number of carbonyl (C=O) groups excluding carboxylic acids is 1. The summed E-state index contributed by atoms with van der Waals surface area (Å²) < 4.78 is 1.97. The van der Waals surface area contributed by atoms with E-state index in [1.807, 2.05) is 23.7 Å². The van der Waals surface area contributed by atoms with Gasteiger partial charge in [0, 0.05) is 20.1 Å². The Kier molecular flexibility index (Phi) is 2.57. The molecule has 0 saturated carbocycles. The summed E-state index contributed by atoms with van der Waals surface area (Å²) in [6.07, 6.45) is 4.78. The van der Waals surface area contributed by atoms with Crippen LogP contribution in [-0.2, 0) is 7.05 Å². The molecule has 2 heterocycles. The molecule has 0 amide bonds. The Morgan fingerprint density at radius 1 is 1.21 bits per heavy atom. The van der Waals surface area contributed by atoms with Crippen molar-refractivity contribution in [3.8, 4) is 0 Å². The monoisotopic (exact) mass is 192 g/mol. The smallest absolute Gasteiger partial charge is 0.166 e. The number of rotatable bonds is 2. The van der Waals surface area contributed by atoms with Crippen LogP contribution in [0.2, 0.25) is 0 Å². The molecule has 0 spiro atoms. The summed E-state index contributed by atoms with van der Waals surface area (Å²) in [5.41, 5.74) is 0.755. The van der Waals surface area contributed by atoms with Crippen LogP contribution in [-0.4, -0.2) is 23.9 Å². The zero-order valence-corrected chi connectivity index (χ0v) is 8.57. The predicted octanol–water partition coefficient (Wildman–Crippen LogP) is 1.83. The van der Waals surface area contributed by atoms with Gasteiger partial charge >= 0.3 is 0 Å². The first kappa shape index (κ1) is 9.31. The number of hydrogen-bond donors (Lipinski definition) is 0. The minimum atomic E-state index is 0.755. The van der Waals surface area contributed by atoms with Crippen molar-refractivity contribution in [3.05, 3.63) is 17.8 Å². The van der Waals surface area contributed by atoms with Crippen molar-refractivity contribution in [2.24, 2.45) is 7.05 Å². The van der Waals surface area contributed by atoms with Gasteiger partial charge in [0.2, 0.25) is 0 Å². The summed E-state index contributed by atoms with van der Waals surface area (Å²) in [6.45, 7) is 2.24. The molecular formula is C11H16N2O. The van der Waals surface area contributed by atoms with Crippen LogP contribution in [0.25, 0.3) is 0 Å². The van der Waals surface area contributed by atoms with E-state index in [9.17, 15) is 4.79 Å². The van der Waals surface area contributed by atoms with E-state index in [4.69, 9.17) is 0 Å². The lowest BCUT2D eigenvalue weighted by atomic mass is 10.1. The molecule has 0 atom stereocenters. The summed E-state index contributed by atoms with van der Waals surface area (Å²) in [7, 11) is 1.95. The van der Waals surface area contributed by atoms with Crippen LogP contribution in [0.15, 0.2) is 12.1 Å². The second-order valence-corrected chi connectivity index (χ2v) is 3.84. The van der Waals surface area contributed by atoms with E-state index in [-0.39, 0.29) is 0 Å². The molecule has 0 unspecified atom stereocenters. The molecule has 76 valence electrons. The van der Waals surface area contributed by atoms with Gasteiger partial charge in [0.05, 0.1) is 5.69 Å². The molecule has 1 aliphatic heterocycles. The van der Waals surface area contributed by atoms with E-state index < -0.39 is 0 Å². The Hall–Kier alpha value is -1.25. The third-order valence-electron chi connectivity index (χ3n) is 2.93. The number of aldehydes is 1. The number of piperidine rings is 1. The fourth-order valence-electron chi connectivity index (χ4n) is 2.07. The molecule has 0 aliphatic carbocycles. The summed E-state index contributed by atoms with van der Waals surface area (Å²) in [5.74, 6) is 1.17. The molecule has 14 heavy (non-hydrogen) atoms. The minimum absolute atomic E-state index is 0.755. The lowest BCUT2D eigenvalue weighted by Gasteiger charge is -2.29. The van der Waals surface area contributed by atoms with Gasteiger partial charge in [-0.2, -0.15) is 0 Å². The summed E-state index contributed by atoms with van der Waals surface area (Å²) >= 11 is 0. The second-order valence-electron chi connectivity index (χ2n) is 3.84. The molecule has 0 radical (unpaired) electrons. The molecule has 1 aliphatic rings. The zero-order chi connectivity index (χ0) is 9.97. The average Bonchev–Trinajstić information content (AvgIpc) is 2.61. The van der Waals surface area contributed by atoms with E-state index in [2.05, 4.69) is 4.90 Å². The first-order valence-electron chi connectivity index (χ1n) is 5.19. The van der Waals surface area contributed by atoms with Crippen molar-refractivity contribution < 1.29 is 4.79 Å². The molecule has 1 fully saturated rings. The maximum absolute atomic E-state index is 10.7. The van der Waals surface area contributed by atoms with Crippen LogP contribution >= 0.6 is 0 Å². The highest BCUT2D eigenvalue weighted by atomic mass is 16.1. The molecule has 1 aromatic heterocycles. The number of anilines is 1. The van der Waals surface area contributed by atoms with Gasteiger partial charge in [-0.25, -0.2) is 0 Å². The lowest BCUT2D eigenvalue weighted by molar-refractivity contribution is 0.111. The van der Waals surface area contributed by atoms with E-state index in [1.54, 1.807) is 0 Å². The fourth-order valence-corrected chi connectivity index (χ4v) is 2.07. The Morgan fingerprint density at radius 3 is 2.50 bits per heavy atom. The van der Waals surface area contributed by atoms with Gasteiger partial charge < -0.3 is 9.47 Å². The maximum Gasteiger partial charge on any atom is 0.166 e. The highest BCUT2D eigenvalue weighted by Crippen LogP contribution is 2.21. The van der Waals surface area contributed by atoms with E-state index >= 15 is 0 Å². The fraction of sp³-hybridized carbons (Fsp3) is 0.545. The number of aromatic nitrogens is 1. The van der Waals surface area contributed by atoms with Gasteiger partial charge in [0.25, 0.3) is 0 Å². The normalized spacial score (nSPS) is 17.1. The van der Waals surface area contributed by atoms with Gasteiger partial charge in [-0.3, -0.25) is 4.79 Å². The minimum Gasteiger partial charge on any atom is -0.358 e. The maximum atomic E-state index is 10.7. The molecule has 0 bridgehead atoms. The Labute approximate surface area is 84.3 Å². The van der Waals surface area contributed by atoms with Crippen molar-refractivity contribution in [2.45, 2.75) is 19.3 Å². The molecule has 0 N–H and O–H groups in total. The Bertz CT molecular complexity index is 324. The highest BCUT2D eigenvalue weighted by Gasteiger charge is 2.14. The molecule has 3 nitrogen and oxygen atoms in total. The van der Waals surface area contributed by atoms with Gasteiger partial charge in [-0.05, 0) is 31.4 Å². The van der Waals surface area contributed by atoms with Crippen LogP contribution in [0.4, 0.5) is 5.82 Å². The molecule has 0 aromatic carbocycles. The Morgan fingerprint density at radius 2 is 1.93 bits per heavy atom. The lowest BCUT2D eigenvalue weighted by Crippen LogP contribution is -2.31. The van der Waals surface area contributed by atoms with Gasteiger partial charge in [0.1, 0.15) is 5.82 Å². The van der Waals surface area contributed by atoms with Crippen molar-refractivity contribution >= 4 is 12.1 Å². The van der Waals surface area contributed by atoms with Crippen molar-refractivity contribution in [3.63, 3.8) is 0 Å². The average molecular weight is 192 g/mol. The molecule has 1 saturated heterocycles. The summed E-state index contributed by atoms with van der Waals surface area (Å²) in [6, 6.07) is 3.92. The standard InChI is InChI=1S/C11H16N2O/c1-12-10(9-14)5-6-11(12)13-7-3-2-4-8-13/h5-6,9H,2-4,7-8H2,1H3. The van der Waals surface area contributed by atoms with Crippen molar-refractivity contribution in [1.82, 2.24) is 4.57 Å². The van der Waals surface area contributed by atoms with E-state index in [1.165, 1.54) is 25.1 Å². The third-order valence-corrected chi connectivity index (χ3v) is 2.93. The van der Waals surface area contributed by atoms with Crippen LogP contribution in [0, 0.1) is 0 Å². The molecule has 1 aromatic rings. The largest absolute Gasteiger partial charge is 0.358 e. The van der Waals surface area contributed by atoms with E-state index in [0.717, 1.165) is 25.1 Å². The first-order valence-corrected chi connectivity index (χ1v) is 5.19. The van der Waals surface area contributed by atoms with Crippen LogP contribution in [0.3, 0.4) is 0 Å². The van der Waals surface area contributed by atoms with Crippen molar-refractivity contribution in [1.29, 1.82) is 0 Å².